The van der Waals surface area contributed by atoms with E-state index in [4.69, 9.17) is 27.9 Å². The summed E-state index contributed by atoms with van der Waals surface area (Å²) in [7, 11) is 0. The van der Waals surface area contributed by atoms with E-state index >= 15 is 0 Å². The zero-order chi connectivity index (χ0) is 10.9. The Labute approximate surface area is 100 Å². The fourth-order valence-corrected chi connectivity index (χ4v) is 2.17. The molecule has 0 bridgehead atoms. The summed E-state index contributed by atoms with van der Waals surface area (Å²) in [5.74, 6) is 0. The van der Waals surface area contributed by atoms with E-state index in [0.717, 1.165) is 6.42 Å². The second kappa shape index (κ2) is 4.32. The fraction of sp³-hybridized carbons (Fsp3) is 0.500. The van der Waals surface area contributed by atoms with Crippen LogP contribution >= 0.6 is 23.2 Å². The third kappa shape index (κ3) is 2.47. The summed E-state index contributed by atoms with van der Waals surface area (Å²) >= 11 is 12.5. The van der Waals surface area contributed by atoms with Gasteiger partial charge in [-0.1, -0.05) is 30.3 Å². The number of ether oxygens (including phenoxy) is 1. The summed E-state index contributed by atoms with van der Waals surface area (Å²) < 4.78 is 5.70. The number of hydrogen-bond acceptors (Lipinski definition) is 1. The molecule has 1 nitrogen and oxygen atoms in total. The molecule has 0 spiro atoms. The minimum atomic E-state index is -0.375. The van der Waals surface area contributed by atoms with Crippen LogP contribution in [-0.2, 0) is 4.74 Å². The largest absolute Gasteiger partial charge is 0.372 e. The molecule has 15 heavy (non-hydrogen) atoms. The summed E-state index contributed by atoms with van der Waals surface area (Å²) in [5.41, 5.74) is 1.17. The summed E-state index contributed by atoms with van der Waals surface area (Å²) in [5, 5.41) is -0.112. The van der Waals surface area contributed by atoms with Gasteiger partial charge in [0.15, 0.2) is 0 Å². The van der Waals surface area contributed by atoms with Gasteiger partial charge in [-0.25, -0.2) is 0 Å². The average Bonchev–Trinajstić information content (AvgIpc) is 2.23. The summed E-state index contributed by atoms with van der Waals surface area (Å²) in [6.07, 6.45) is 0.830. The molecule has 1 aliphatic heterocycles. The normalized spacial score (nSPS) is 36.5. The van der Waals surface area contributed by atoms with Crippen molar-refractivity contribution in [1.82, 2.24) is 0 Å². The molecule has 0 aromatic heterocycles. The molecule has 1 saturated heterocycles. The third-order valence-corrected chi connectivity index (χ3v) is 3.99. The van der Waals surface area contributed by atoms with Gasteiger partial charge in [-0.15, -0.1) is 23.2 Å². The molecule has 0 amide bonds. The van der Waals surface area contributed by atoms with Gasteiger partial charge in [-0.2, -0.15) is 0 Å². The highest BCUT2D eigenvalue weighted by Gasteiger charge is 2.39. The number of rotatable bonds is 1. The Hall–Kier alpha value is -0.240. The first-order valence-electron chi connectivity index (χ1n) is 5.09. The van der Waals surface area contributed by atoms with Gasteiger partial charge in [-0.3, -0.25) is 0 Å². The average molecular weight is 245 g/mol. The quantitative estimate of drug-likeness (QED) is 0.684. The van der Waals surface area contributed by atoms with Crippen LogP contribution in [0.5, 0.6) is 0 Å². The molecule has 0 aliphatic carbocycles. The maximum atomic E-state index is 6.36. The maximum Gasteiger partial charge on any atom is 0.0842 e. The number of halogens is 2. The van der Waals surface area contributed by atoms with E-state index in [0.29, 0.717) is 6.61 Å². The number of hydrogen-bond donors (Lipinski definition) is 0. The molecule has 0 radical (unpaired) electrons. The predicted molar refractivity (Wildman–Crippen MR) is 63.7 cm³/mol. The van der Waals surface area contributed by atoms with Gasteiger partial charge >= 0.3 is 0 Å². The zero-order valence-corrected chi connectivity index (χ0v) is 10.1. The summed E-state index contributed by atoms with van der Waals surface area (Å²) in [4.78, 5) is -0.375. The van der Waals surface area contributed by atoms with Crippen LogP contribution in [0.15, 0.2) is 30.3 Å². The lowest BCUT2D eigenvalue weighted by Gasteiger charge is -2.37. The lowest BCUT2D eigenvalue weighted by molar-refractivity contribution is 0.00350. The highest BCUT2D eigenvalue weighted by atomic mass is 35.5. The van der Waals surface area contributed by atoms with Crippen molar-refractivity contribution in [2.45, 2.75) is 29.7 Å². The first-order valence-corrected chi connectivity index (χ1v) is 5.90. The molecule has 82 valence electrons. The zero-order valence-electron chi connectivity index (χ0n) is 8.62. The van der Waals surface area contributed by atoms with Crippen molar-refractivity contribution in [2.75, 3.05) is 6.61 Å². The molecule has 2 rings (SSSR count). The Morgan fingerprint density at radius 1 is 1.33 bits per heavy atom. The molecule has 1 heterocycles. The van der Waals surface area contributed by atoms with Crippen LogP contribution in [0.2, 0.25) is 0 Å². The SMILES string of the molecule is CC1(Cl)CC(c2ccccc2)OCC1Cl. The Morgan fingerprint density at radius 2 is 2.00 bits per heavy atom. The molecule has 0 N–H and O–H groups in total. The summed E-state index contributed by atoms with van der Waals surface area (Å²) in [6, 6.07) is 10.1. The van der Waals surface area contributed by atoms with Gasteiger partial charge in [0.1, 0.15) is 0 Å². The first-order chi connectivity index (χ1) is 7.09. The second-order valence-electron chi connectivity index (χ2n) is 4.18. The molecule has 1 aromatic carbocycles. The van der Waals surface area contributed by atoms with Crippen molar-refractivity contribution >= 4 is 23.2 Å². The molecule has 3 unspecified atom stereocenters. The molecule has 1 aromatic rings. The van der Waals surface area contributed by atoms with Gasteiger partial charge in [0.2, 0.25) is 0 Å². The van der Waals surface area contributed by atoms with Gasteiger partial charge in [0.25, 0.3) is 0 Å². The van der Waals surface area contributed by atoms with Crippen molar-refractivity contribution in [3.63, 3.8) is 0 Å². The van der Waals surface area contributed by atoms with E-state index in [1.807, 2.05) is 25.1 Å². The minimum absolute atomic E-state index is 0.0729. The van der Waals surface area contributed by atoms with Crippen molar-refractivity contribution in [3.8, 4) is 0 Å². The van der Waals surface area contributed by atoms with Gasteiger partial charge in [-0.05, 0) is 18.9 Å². The van der Waals surface area contributed by atoms with E-state index < -0.39 is 0 Å². The lowest BCUT2D eigenvalue weighted by atomic mass is 9.92. The Kier molecular flexibility index (Phi) is 3.24. The van der Waals surface area contributed by atoms with Crippen LogP contribution in [0.25, 0.3) is 0 Å². The van der Waals surface area contributed by atoms with Crippen LogP contribution in [-0.4, -0.2) is 16.9 Å². The number of benzene rings is 1. The van der Waals surface area contributed by atoms with Crippen LogP contribution in [0.1, 0.15) is 25.0 Å². The molecule has 3 atom stereocenters. The smallest absolute Gasteiger partial charge is 0.0842 e. The minimum Gasteiger partial charge on any atom is -0.372 e. The number of alkyl halides is 2. The summed E-state index contributed by atoms with van der Waals surface area (Å²) in [6.45, 7) is 2.49. The highest BCUT2D eigenvalue weighted by Crippen LogP contribution is 2.40. The van der Waals surface area contributed by atoms with Gasteiger partial charge < -0.3 is 4.74 Å². The monoisotopic (exact) mass is 244 g/mol. The molecular formula is C12H14Cl2O. The van der Waals surface area contributed by atoms with Gasteiger partial charge in [0.05, 0.1) is 23.0 Å². The van der Waals surface area contributed by atoms with Crippen molar-refractivity contribution in [2.24, 2.45) is 0 Å². The van der Waals surface area contributed by atoms with Crippen LogP contribution in [0.3, 0.4) is 0 Å². The Morgan fingerprint density at radius 3 is 2.60 bits per heavy atom. The van der Waals surface area contributed by atoms with Crippen LogP contribution in [0.4, 0.5) is 0 Å². The third-order valence-electron chi connectivity index (χ3n) is 2.85. The highest BCUT2D eigenvalue weighted by molar-refractivity contribution is 6.32. The molecule has 1 aliphatic rings. The first kappa shape index (κ1) is 11.3. The van der Waals surface area contributed by atoms with E-state index in [1.54, 1.807) is 0 Å². The fourth-order valence-electron chi connectivity index (χ4n) is 1.81. The lowest BCUT2D eigenvalue weighted by Crippen LogP contribution is -2.40. The topological polar surface area (TPSA) is 9.23 Å². The van der Waals surface area contributed by atoms with E-state index in [-0.39, 0.29) is 16.4 Å². The van der Waals surface area contributed by atoms with Crippen LogP contribution < -0.4 is 0 Å². The molecule has 1 fully saturated rings. The Bertz CT molecular complexity index is 324. The predicted octanol–water partition coefficient (Wildman–Crippen LogP) is 3.75. The van der Waals surface area contributed by atoms with Crippen molar-refractivity contribution < 1.29 is 4.74 Å². The van der Waals surface area contributed by atoms with Crippen molar-refractivity contribution in [1.29, 1.82) is 0 Å². The second-order valence-corrected chi connectivity index (χ2v) is 5.57. The Balaban J connectivity index is 2.14. The molecule has 0 saturated carbocycles. The van der Waals surface area contributed by atoms with Gasteiger partial charge in [0, 0.05) is 0 Å². The van der Waals surface area contributed by atoms with E-state index in [1.165, 1.54) is 5.56 Å². The van der Waals surface area contributed by atoms with E-state index in [2.05, 4.69) is 12.1 Å². The maximum absolute atomic E-state index is 6.36. The van der Waals surface area contributed by atoms with Crippen molar-refractivity contribution in [3.05, 3.63) is 35.9 Å². The molecular weight excluding hydrogens is 231 g/mol. The standard InChI is InChI=1S/C12H14Cl2O/c1-12(14)7-10(15-8-11(12)13)9-5-3-2-4-6-9/h2-6,10-11H,7-8H2,1H3. The van der Waals surface area contributed by atoms with E-state index in [9.17, 15) is 0 Å². The van der Waals surface area contributed by atoms with Crippen LogP contribution in [0, 0.1) is 0 Å². The molecule has 3 heteroatoms.